The Morgan fingerprint density at radius 3 is 2.33 bits per heavy atom. The van der Waals surface area contributed by atoms with Crippen molar-refractivity contribution in [1.29, 1.82) is 0 Å². The van der Waals surface area contributed by atoms with Crippen LogP contribution in [0, 0.1) is 6.92 Å². The summed E-state index contributed by atoms with van der Waals surface area (Å²) in [4.78, 5) is 21.7. The molecule has 2 aromatic heterocycles. The van der Waals surface area contributed by atoms with Gasteiger partial charge in [0.25, 0.3) is 0 Å². The van der Waals surface area contributed by atoms with Crippen molar-refractivity contribution >= 4 is 28.0 Å². The third-order valence-electron chi connectivity index (χ3n) is 7.41. The third kappa shape index (κ3) is 4.99. The number of para-hydroxylation sites is 2. The van der Waals surface area contributed by atoms with Crippen molar-refractivity contribution in [2.24, 2.45) is 7.05 Å². The van der Waals surface area contributed by atoms with Gasteiger partial charge in [-0.05, 0) is 65.9 Å². The number of fused-ring (bicyclic) bond motifs is 2. The molecule has 1 N–H and O–H groups in total. The number of hydrogen-bond acceptors (Lipinski definition) is 3. The van der Waals surface area contributed by atoms with Gasteiger partial charge in [-0.25, -0.2) is 14.8 Å². The van der Waals surface area contributed by atoms with E-state index in [4.69, 9.17) is 9.97 Å². The summed E-state index contributed by atoms with van der Waals surface area (Å²) in [5.41, 5.74) is 9.46. The molecule has 0 saturated heterocycles. The van der Waals surface area contributed by atoms with Crippen molar-refractivity contribution in [2.45, 2.75) is 33.2 Å². The number of carbonyl (C=O) groups is 1. The topological polar surface area (TPSA) is 72.9 Å². The van der Waals surface area contributed by atoms with Gasteiger partial charge < -0.3 is 14.2 Å². The van der Waals surface area contributed by atoms with E-state index in [-0.39, 0.29) is 29.6 Å². The molecule has 0 bridgehead atoms. The van der Waals surface area contributed by atoms with E-state index in [0.717, 1.165) is 74.4 Å². The molecule has 0 radical (unpaired) electrons. The van der Waals surface area contributed by atoms with Gasteiger partial charge in [-0.2, -0.15) is 0 Å². The molecule has 0 amide bonds. The number of carboxylic acids is 1. The molecule has 0 saturated carbocycles. The molecule has 40 heavy (non-hydrogen) atoms. The summed E-state index contributed by atoms with van der Waals surface area (Å²) in [6.07, 6.45) is 1.89. The Balaban J connectivity index is 0.00000323. The summed E-state index contributed by atoms with van der Waals surface area (Å²) >= 11 is 0. The molecule has 0 unspecified atom stereocenters. The van der Waals surface area contributed by atoms with E-state index in [1.165, 1.54) is 0 Å². The molecular formula is C33H30N4NaO2+. The fraction of sp³-hybridized carbons (Fsp3) is 0.182. The minimum atomic E-state index is -0.921. The van der Waals surface area contributed by atoms with Crippen molar-refractivity contribution in [2.75, 3.05) is 0 Å². The van der Waals surface area contributed by atoms with Crippen molar-refractivity contribution in [3.63, 3.8) is 0 Å². The second-order valence-corrected chi connectivity index (χ2v) is 10.1. The Morgan fingerprint density at radius 2 is 1.60 bits per heavy atom. The summed E-state index contributed by atoms with van der Waals surface area (Å²) in [6, 6.07) is 27.9. The molecule has 0 aliphatic heterocycles. The number of nitrogens with zero attached hydrogens (tertiary/aromatic N) is 4. The largest absolute Gasteiger partial charge is 1.00 e. The zero-order valence-corrected chi connectivity index (χ0v) is 25.3. The maximum Gasteiger partial charge on any atom is 1.00 e. The van der Waals surface area contributed by atoms with Gasteiger partial charge in [0.2, 0.25) is 0 Å². The van der Waals surface area contributed by atoms with E-state index in [0.29, 0.717) is 12.1 Å². The van der Waals surface area contributed by atoms with Gasteiger partial charge in [0.15, 0.2) is 0 Å². The van der Waals surface area contributed by atoms with Crippen LogP contribution < -0.4 is 29.6 Å². The minimum absolute atomic E-state index is 0. The number of imidazole rings is 2. The molecule has 6 rings (SSSR count). The number of aryl methyl sites for hydroxylation is 3. The van der Waals surface area contributed by atoms with Gasteiger partial charge in [0.05, 0.1) is 27.6 Å². The molecule has 6 aromatic rings. The maximum absolute atomic E-state index is 11.7. The fourth-order valence-electron chi connectivity index (χ4n) is 5.46. The quantitative estimate of drug-likeness (QED) is 0.309. The van der Waals surface area contributed by atoms with E-state index < -0.39 is 5.97 Å². The van der Waals surface area contributed by atoms with E-state index in [2.05, 4.69) is 60.4 Å². The van der Waals surface area contributed by atoms with Crippen LogP contribution in [-0.4, -0.2) is 30.2 Å². The summed E-state index contributed by atoms with van der Waals surface area (Å²) in [5, 5.41) is 9.60. The summed E-state index contributed by atoms with van der Waals surface area (Å²) in [5.74, 6) is 1.08. The standard InChI is InChI=1S/C33H30N4O2.Na/c1-4-9-30-35-31-21(2)18-24(32-34-27-12-7-8-13-28(27)36(32)3)19-29(31)37(30)20-22-14-16-23(17-15-22)25-10-5-6-11-26(25)33(38)39;/h5-8,10-19H,4,9,20H2,1-3H3,(H,38,39);/q;+1. The van der Waals surface area contributed by atoms with Gasteiger partial charge in [0, 0.05) is 25.6 Å². The van der Waals surface area contributed by atoms with Gasteiger partial charge in [0.1, 0.15) is 11.6 Å². The zero-order valence-electron chi connectivity index (χ0n) is 23.3. The monoisotopic (exact) mass is 537 g/mol. The average molecular weight is 538 g/mol. The first kappa shape index (κ1) is 27.8. The molecule has 0 aliphatic carbocycles. The Bertz CT molecular complexity index is 1850. The first-order valence-corrected chi connectivity index (χ1v) is 13.3. The molecule has 0 atom stereocenters. The molecule has 0 fully saturated rings. The van der Waals surface area contributed by atoms with E-state index >= 15 is 0 Å². The second-order valence-electron chi connectivity index (χ2n) is 10.1. The number of hydrogen-bond donors (Lipinski definition) is 1. The number of rotatable bonds is 7. The van der Waals surface area contributed by atoms with E-state index in [1.54, 1.807) is 12.1 Å². The van der Waals surface area contributed by atoms with Crippen LogP contribution in [0.5, 0.6) is 0 Å². The van der Waals surface area contributed by atoms with Crippen LogP contribution in [0.4, 0.5) is 0 Å². The predicted octanol–water partition coefficient (Wildman–Crippen LogP) is 4.27. The molecule has 0 spiro atoms. The SMILES string of the molecule is CCCc1nc2c(C)cc(-c3nc4ccccc4n3C)cc2n1Cc1ccc(-c2ccccc2C(=O)O)cc1.[Na+]. The van der Waals surface area contributed by atoms with Crippen LogP contribution in [0.25, 0.3) is 44.6 Å². The first-order valence-electron chi connectivity index (χ1n) is 13.3. The van der Waals surface area contributed by atoms with Crippen molar-refractivity contribution in [3.8, 4) is 22.5 Å². The average Bonchev–Trinajstić information content (AvgIpc) is 3.47. The summed E-state index contributed by atoms with van der Waals surface area (Å²) in [7, 11) is 2.06. The van der Waals surface area contributed by atoms with Crippen LogP contribution >= 0.6 is 0 Å². The van der Waals surface area contributed by atoms with Crippen molar-refractivity contribution < 1.29 is 39.5 Å². The van der Waals surface area contributed by atoms with Crippen LogP contribution in [0.15, 0.2) is 84.9 Å². The molecule has 4 aromatic carbocycles. The molecule has 6 nitrogen and oxygen atoms in total. The van der Waals surface area contributed by atoms with Gasteiger partial charge in [-0.1, -0.05) is 61.5 Å². The minimum Gasteiger partial charge on any atom is -0.478 e. The smallest absolute Gasteiger partial charge is 0.478 e. The van der Waals surface area contributed by atoms with Gasteiger partial charge >= 0.3 is 35.5 Å². The summed E-state index contributed by atoms with van der Waals surface area (Å²) < 4.78 is 4.47. The number of aromatic nitrogens is 4. The number of aromatic carboxylic acids is 1. The van der Waals surface area contributed by atoms with Crippen LogP contribution in [0.3, 0.4) is 0 Å². The Hall–Kier alpha value is -3.71. The first-order chi connectivity index (χ1) is 18.9. The Labute approximate surface area is 255 Å². The predicted molar refractivity (Wildman–Crippen MR) is 156 cm³/mol. The van der Waals surface area contributed by atoms with E-state index in [9.17, 15) is 9.90 Å². The second kappa shape index (κ2) is 11.4. The summed E-state index contributed by atoms with van der Waals surface area (Å²) in [6.45, 7) is 4.98. The van der Waals surface area contributed by atoms with Gasteiger partial charge in [-0.3, -0.25) is 0 Å². The zero-order chi connectivity index (χ0) is 27.1. The normalized spacial score (nSPS) is 11.2. The Morgan fingerprint density at radius 1 is 0.875 bits per heavy atom. The molecule has 194 valence electrons. The Kier molecular flexibility index (Phi) is 7.95. The van der Waals surface area contributed by atoms with Crippen molar-refractivity contribution in [3.05, 3.63) is 107 Å². The molecule has 2 heterocycles. The molecule has 0 aliphatic rings. The molecular weight excluding hydrogens is 507 g/mol. The van der Waals surface area contributed by atoms with Crippen LogP contribution in [0.2, 0.25) is 0 Å². The number of carboxylic acid groups (broad SMARTS) is 1. The third-order valence-corrected chi connectivity index (χ3v) is 7.41. The van der Waals surface area contributed by atoms with Crippen molar-refractivity contribution in [1.82, 2.24) is 19.1 Å². The van der Waals surface area contributed by atoms with E-state index in [1.807, 2.05) is 42.5 Å². The molecule has 7 heteroatoms. The van der Waals surface area contributed by atoms with Crippen LogP contribution in [-0.2, 0) is 20.0 Å². The number of benzene rings is 4. The van der Waals surface area contributed by atoms with Crippen LogP contribution in [0.1, 0.15) is 40.7 Å². The van der Waals surface area contributed by atoms with Gasteiger partial charge in [-0.15, -0.1) is 0 Å². The fourth-order valence-corrected chi connectivity index (χ4v) is 5.46. The maximum atomic E-state index is 11.7.